The van der Waals surface area contributed by atoms with E-state index < -0.39 is 0 Å². The van der Waals surface area contributed by atoms with Crippen LogP contribution in [-0.2, 0) is 20.6 Å². The van der Waals surface area contributed by atoms with E-state index in [1.165, 1.54) is 17.3 Å². The van der Waals surface area contributed by atoms with Gasteiger partial charge in [0.2, 0.25) is 5.95 Å². The van der Waals surface area contributed by atoms with Crippen molar-refractivity contribution in [1.82, 2.24) is 18.7 Å². The molecular formula is C21H25ClN6O2. The third kappa shape index (κ3) is 3.52. The van der Waals surface area contributed by atoms with Gasteiger partial charge in [0.1, 0.15) is 0 Å². The van der Waals surface area contributed by atoms with Crippen LogP contribution < -0.4 is 21.0 Å². The molecule has 4 rings (SSSR count). The van der Waals surface area contributed by atoms with E-state index in [9.17, 15) is 9.59 Å². The van der Waals surface area contributed by atoms with Crippen LogP contribution in [0.4, 0.5) is 11.6 Å². The predicted octanol–water partition coefficient (Wildman–Crippen LogP) is 1.90. The van der Waals surface area contributed by atoms with Crippen LogP contribution in [0.25, 0.3) is 11.2 Å². The molecule has 1 fully saturated rings. The van der Waals surface area contributed by atoms with Crippen molar-refractivity contribution in [2.45, 2.75) is 13.5 Å². The first-order valence-electron chi connectivity index (χ1n) is 9.92. The van der Waals surface area contributed by atoms with E-state index in [1.54, 1.807) is 14.0 Å². The number of imidazole rings is 1. The highest BCUT2D eigenvalue weighted by Gasteiger charge is 2.25. The van der Waals surface area contributed by atoms with Crippen LogP contribution in [0.5, 0.6) is 0 Å². The minimum atomic E-state index is -0.387. The number of hydrogen-bond donors (Lipinski definition) is 0. The Morgan fingerprint density at radius 2 is 1.67 bits per heavy atom. The van der Waals surface area contributed by atoms with Gasteiger partial charge in [0.25, 0.3) is 5.56 Å². The standard InChI is InChI=1S/C21H25ClN6O2/c1-15(22)9-10-28-17-18(24(2)21(30)25(3)19(17)29)23-20(28)27-13-11-26(12-14-27)16-7-5-4-6-8-16/h4-9H,10-14H2,1-3H3. The Morgan fingerprint density at radius 1 is 1.03 bits per heavy atom. The van der Waals surface area contributed by atoms with Gasteiger partial charge in [-0.2, -0.15) is 4.98 Å². The van der Waals surface area contributed by atoms with Crippen molar-refractivity contribution in [1.29, 1.82) is 0 Å². The Bertz CT molecular complexity index is 1210. The molecule has 1 aliphatic rings. The first-order valence-corrected chi connectivity index (χ1v) is 10.3. The van der Waals surface area contributed by atoms with Gasteiger partial charge in [-0.1, -0.05) is 35.9 Å². The van der Waals surface area contributed by atoms with Gasteiger partial charge in [0, 0.05) is 57.5 Å². The van der Waals surface area contributed by atoms with Crippen LogP contribution in [0.1, 0.15) is 6.92 Å². The third-order valence-corrected chi connectivity index (χ3v) is 5.72. The Hall–Kier alpha value is -3.00. The van der Waals surface area contributed by atoms with E-state index in [4.69, 9.17) is 16.6 Å². The summed E-state index contributed by atoms with van der Waals surface area (Å²) >= 11 is 6.07. The van der Waals surface area contributed by atoms with Crippen LogP contribution in [0.15, 0.2) is 51.0 Å². The zero-order chi connectivity index (χ0) is 21.4. The number of anilines is 2. The fraction of sp³-hybridized carbons (Fsp3) is 0.381. The summed E-state index contributed by atoms with van der Waals surface area (Å²) in [7, 11) is 3.13. The molecule has 1 aliphatic heterocycles. The average molecular weight is 429 g/mol. The summed E-state index contributed by atoms with van der Waals surface area (Å²) in [6.07, 6.45) is 1.84. The molecule has 0 unspecified atom stereocenters. The Morgan fingerprint density at radius 3 is 2.30 bits per heavy atom. The van der Waals surface area contributed by atoms with E-state index >= 15 is 0 Å². The number of benzene rings is 1. The Kier molecular flexibility index (Phi) is 5.42. The van der Waals surface area contributed by atoms with Gasteiger partial charge in [-0.25, -0.2) is 4.79 Å². The maximum Gasteiger partial charge on any atom is 0.332 e. The summed E-state index contributed by atoms with van der Waals surface area (Å²) in [5.74, 6) is 0.685. The fourth-order valence-electron chi connectivity index (χ4n) is 3.87. The number of aromatic nitrogens is 4. The highest BCUT2D eigenvalue weighted by atomic mass is 35.5. The zero-order valence-electron chi connectivity index (χ0n) is 17.4. The van der Waals surface area contributed by atoms with Crippen molar-refractivity contribution < 1.29 is 0 Å². The van der Waals surface area contributed by atoms with E-state index in [1.807, 2.05) is 28.8 Å². The molecule has 0 aliphatic carbocycles. The number of fused-ring (bicyclic) bond motifs is 1. The lowest BCUT2D eigenvalue weighted by molar-refractivity contribution is 0.626. The fourth-order valence-corrected chi connectivity index (χ4v) is 3.94. The average Bonchev–Trinajstić information content (AvgIpc) is 3.15. The van der Waals surface area contributed by atoms with Crippen molar-refractivity contribution >= 4 is 34.4 Å². The first kappa shape index (κ1) is 20.3. The molecule has 0 radical (unpaired) electrons. The number of rotatable bonds is 4. The van der Waals surface area contributed by atoms with Gasteiger partial charge >= 0.3 is 5.69 Å². The van der Waals surface area contributed by atoms with Crippen molar-refractivity contribution in [3.05, 3.63) is 62.3 Å². The summed E-state index contributed by atoms with van der Waals surface area (Å²) in [6, 6.07) is 10.3. The summed E-state index contributed by atoms with van der Waals surface area (Å²) in [5.41, 5.74) is 1.26. The van der Waals surface area contributed by atoms with Crippen molar-refractivity contribution in [2.75, 3.05) is 36.0 Å². The minimum absolute atomic E-state index is 0.351. The molecule has 0 atom stereocenters. The van der Waals surface area contributed by atoms with E-state index in [0.29, 0.717) is 28.7 Å². The molecule has 0 amide bonds. The number of piperazine rings is 1. The topological polar surface area (TPSA) is 68.3 Å². The van der Waals surface area contributed by atoms with E-state index in [-0.39, 0.29) is 11.2 Å². The lowest BCUT2D eigenvalue weighted by atomic mass is 10.2. The molecule has 0 saturated carbocycles. The molecular weight excluding hydrogens is 404 g/mol. The Labute approximate surface area is 179 Å². The van der Waals surface area contributed by atoms with Crippen LogP contribution in [0.2, 0.25) is 0 Å². The monoisotopic (exact) mass is 428 g/mol. The van der Waals surface area contributed by atoms with Gasteiger partial charge in [0.15, 0.2) is 11.2 Å². The molecule has 0 spiro atoms. The molecule has 9 heteroatoms. The van der Waals surface area contributed by atoms with Gasteiger partial charge in [-0.15, -0.1) is 0 Å². The summed E-state index contributed by atoms with van der Waals surface area (Å²) < 4.78 is 4.41. The highest BCUT2D eigenvalue weighted by Crippen LogP contribution is 2.23. The Balaban J connectivity index is 1.75. The molecule has 158 valence electrons. The summed E-state index contributed by atoms with van der Waals surface area (Å²) in [6.45, 7) is 5.41. The lowest BCUT2D eigenvalue weighted by Crippen LogP contribution is -2.47. The molecule has 3 heterocycles. The molecule has 0 N–H and O–H groups in total. The number of allylic oxidation sites excluding steroid dienone is 2. The third-order valence-electron chi connectivity index (χ3n) is 5.57. The molecule has 8 nitrogen and oxygen atoms in total. The molecule has 1 saturated heterocycles. The van der Waals surface area contributed by atoms with Crippen LogP contribution >= 0.6 is 11.6 Å². The number of nitrogens with zero attached hydrogens (tertiary/aromatic N) is 6. The van der Waals surface area contributed by atoms with Crippen LogP contribution in [-0.4, -0.2) is 44.9 Å². The molecule has 1 aromatic carbocycles. The highest BCUT2D eigenvalue weighted by molar-refractivity contribution is 6.29. The summed E-state index contributed by atoms with van der Waals surface area (Å²) in [4.78, 5) is 34.5. The molecule has 3 aromatic rings. The van der Waals surface area contributed by atoms with Gasteiger partial charge < -0.3 is 14.4 Å². The van der Waals surface area contributed by atoms with Gasteiger partial charge in [-0.05, 0) is 19.1 Å². The van der Waals surface area contributed by atoms with Crippen LogP contribution in [0.3, 0.4) is 0 Å². The van der Waals surface area contributed by atoms with Crippen molar-refractivity contribution in [2.24, 2.45) is 14.1 Å². The number of aryl methyl sites for hydroxylation is 1. The summed E-state index contributed by atoms with van der Waals surface area (Å²) in [5, 5.41) is 0.637. The molecule has 2 aromatic heterocycles. The van der Waals surface area contributed by atoms with E-state index in [0.717, 1.165) is 30.7 Å². The van der Waals surface area contributed by atoms with Gasteiger partial charge in [-0.3, -0.25) is 13.9 Å². The zero-order valence-corrected chi connectivity index (χ0v) is 18.1. The maximum absolute atomic E-state index is 12.9. The normalized spacial score (nSPS) is 15.3. The minimum Gasteiger partial charge on any atom is -0.368 e. The van der Waals surface area contributed by atoms with Gasteiger partial charge in [0.05, 0.1) is 0 Å². The predicted molar refractivity (Wildman–Crippen MR) is 121 cm³/mol. The number of para-hydroxylation sites is 1. The largest absolute Gasteiger partial charge is 0.368 e. The van der Waals surface area contributed by atoms with Crippen molar-refractivity contribution in [3.8, 4) is 0 Å². The van der Waals surface area contributed by atoms with Crippen molar-refractivity contribution in [3.63, 3.8) is 0 Å². The maximum atomic E-state index is 12.9. The second kappa shape index (κ2) is 8.02. The second-order valence-corrected chi connectivity index (χ2v) is 8.10. The SMILES string of the molecule is CC(Cl)=CCn1c(N2CCN(c3ccccc3)CC2)nc2c1c(=O)n(C)c(=O)n2C. The smallest absolute Gasteiger partial charge is 0.332 e. The molecule has 30 heavy (non-hydrogen) atoms. The van der Waals surface area contributed by atoms with Crippen LogP contribution in [0, 0.1) is 0 Å². The first-order chi connectivity index (χ1) is 14.4. The molecule has 0 bridgehead atoms. The second-order valence-electron chi connectivity index (χ2n) is 7.50. The quantitative estimate of drug-likeness (QED) is 0.635. The number of halogens is 1. The van der Waals surface area contributed by atoms with E-state index in [2.05, 4.69) is 21.9 Å². The lowest BCUT2D eigenvalue weighted by Gasteiger charge is -2.36. The number of hydrogen-bond acceptors (Lipinski definition) is 5.